The molecule has 1 aliphatic rings. The van der Waals surface area contributed by atoms with Crippen LogP contribution in [0.5, 0.6) is 0 Å². The fraction of sp³-hybridized carbons (Fsp3) is 0.588. The van der Waals surface area contributed by atoms with Crippen LogP contribution >= 0.6 is 0 Å². The van der Waals surface area contributed by atoms with Crippen molar-refractivity contribution in [3.8, 4) is 0 Å². The van der Waals surface area contributed by atoms with E-state index in [1.807, 2.05) is 0 Å². The van der Waals surface area contributed by atoms with Crippen molar-refractivity contribution in [3.63, 3.8) is 0 Å². The predicted molar refractivity (Wildman–Crippen MR) is 97.2 cm³/mol. The largest absolute Gasteiger partial charge is 0.352 e. The van der Waals surface area contributed by atoms with Crippen molar-refractivity contribution in [1.29, 1.82) is 0 Å². The first-order valence-corrected chi connectivity index (χ1v) is 10.2. The number of rotatable bonds is 6. The third-order valence-corrected chi connectivity index (χ3v) is 6.37. The van der Waals surface area contributed by atoms with E-state index in [4.69, 9.17) is 0 Å². The SMILES string of the molecule is CN(CC(=O)NC1CCCCCCC1)S(=O)(=O)c1cccc([N+](=O)[O-])c1. The average molecular weight is 383 g/mol. The standard InChI is InChI=1S/C17H25N3O5S/c1-19(13-17(21)18-14-8-5-3-2-4-6-9-14)26(24,25)16-11-7-10-15(12-16)20(22)23/h7,10-12,14H,2-6,8-9,13H2,1H3,(H,18,21). The lowest BCUT2D eigenvalue weighted by Crippen LogP contribution is -2.42. The smallest absolute Gasteiger partial charge is 0.270 e. The molecular weight excluding hydrogens is 358 g/mol. The monoisotopic (exact) mass is 383 g/mol. The van der Waals surface area contributed by atoms with E-state index in [-0.39, 0.29) is 29.1 Å². The minimum atomic E-state index is -3.98. The first kappa shape index (κ1) is 20.3. The molecule has 1 saturated carbocycles. The van der Waals surface area contributed by atoms with Crippen molar-refractivity contribution in [1.82, 2.24) is 9.62 Å². The van der Waals surface area contributed by atoms with Crippen LogP contribution in [0.4, 0.5) is 5.69 Å². The average Bonchev–Trinajstić information content (AvgIpc) is 2.57. The number of benzene rings is 1. The van der Waals surface area contributed by atoms with Gasteiger partial charge in [-0.25, -0.2) is 8.42 Å². The number of likely N-dealkylation sites (N-methyl/N-ethyl adjacent to an activating group) is 1. The van der Waals surface area contributed by atoms with Gasteiger partial charge in [0.2, 0.25) is 15.9 Å². The van der Waals surface area contributed by atoms with E-state index >= 15 is 0 Å². The zero-order valence-electron chi connectivity index (χ0n) is 14.9. The fourth-order valence-corrected chi connectivity index (χ4v) is 4.27. The zero-order valence-corrected chi connectivity index (χ0v) is 15.7. The molecule has 1 aliphatic carbocycles. The molecule has 1 amide bonds. The minimum absolute atomic E-state index is 0.0803. The van der Waals surface area contributed by atoms with Crippen LogP contribution in [0.3, 0.4) is 0 Å². The van der Waals surface area contributed by atoms with Crippen molar-refractivity contribution in [2.45, 2.75) is 55.9 Å². The number of amides is 1. The van der Waals surface area contributed by atoms with E-state index in [0.717, 1.165) is 48.9 Å². The molecule has 144 valence electrons. The second-order valence-electron chi connectivity index (χ2n) is 6.63. The maximum Gasteiger partial charge on any atom is 0.270 e. The number of nitro benzene ring substituents is 1. The van der Waals surface area contributed by atoms with Gasteiger partial charge in [-0.05, 0) is 18.9 Å². The van der Waals surface area contributed by atoms with Crippen molar-refractivity contribution in [2.75, 3.05) is 13.6 Å². The number of nitrogens with one attached hydrogen (secondary N) is 1. The quantitative estimate of drug-likeness (QED) is 0.599. The molecule has 26 heavy (non-hydrogen) atoms. The van der Waals surface area contributed by atoms with E-state index < -0.39 is 14.9 Å². The Kier molecular flexibility index (Phi) is 7.10. The summed E-state index contributed by atoms with van der Waals surface area (Å²) in [5, 5.41) is 13.8. The number of non-ortho nitro benzene ring substituents is 1. The molecule has 8 nitrogen and oxygen atoms in total. The van der Waals surface area contributed by atoms with Crippen molar-refractivity contribution < 1.29 is 18.1 Å². The Morgan fingerprint density at radius 3 is 2.46 bits per heavy atom. The van der Waals surface area contributed by atoms with Crippen molar-refractivity contribution >= 4 is 21.6 Å². The van der Waals surface area contributed by atoms with Crippen molar-refractivity contribution in [3.05, 3.63) is 34.4 Å². The Morgan fingerprint density at radius 1 is 1.23 bits per heavy atom. The van der Waals surface area contributed by atoms with Crippen LogP contribution in [-0.4, -0.2) is 43.2 Å². The summed E-state index contributed by atoms with van der Waals surface area (Å²) in [6.45, 7) is -0.318. The van der Waals surface area contributed by atoms with Crippen LogP contribution < -0.4 is 5.32 Å². The predicted octanol–water partition coefficient (Wildman–Crippen LogP) is 2.44. The summed E-state index contributed by atoms with van der Waals surface area (Å²) in [5.74, 6) is -0.355. The Hall–Kier alpha value is -2.00. The maximum absolute atomic E-state index is 12.6. The highest BCUT2D eigenvalue weighted by molar-refractivity contribution is 7.89. The van der Waals surface area contributed by atoms with Gasteiger partial charge in [0.25, 0.3) is 5.69 Å². The molecule has 0 radical (unpaired) electrons. The molecule has 0 atom stereocenters. The molecule has 0 spiro atoms. The summed E-state index contributed by atoms with van der Waals surface area (Å²) < 4.78 is 26.0. The molecule has 0 heterocycles. The topological polar surface area (TPSA) is 110 Å². The van der Waals surface area contributed by atoms with Crippen LogP contribution in [0.15, 0.2) is 29.2 Å². The molecule has 1 N–H and O–H groups in total. The lowest BCUT2D eigenvalue weighted by molar-refractivity contribution is -0.385. The summed E-state index contributed by atoms with van der Waals surface area (Å²) in [5.41, 5.74) is -0.307. The van der Waals surface area contributed by atoms with Gasteiger partial charge in [0.15, 0.2) is 0 Å². The van der Waals surface area contributed by atoms with Crippen LogP contribution in [0.1, 0.15) is 44.9 Å². The first-order valence-electron chi connectivity index (χ1n) is 8.81. The van der Waals surface area contributed by atoms with Gasteiger partial charge in [0.05, 0.1) is 16.4 Å². The van der Waals surface area contributed by atoms with Gasteiger partial charge in [0, 0.05) is 25.2 Å². The first-order chi connectivity index (χ1) is 12.3. The Bertz CT molecular complexity index is 743. The molecule has 1 aromatic carbocycles. The molecule has 1 fully saturated rings. The number of carbonyl (C=O) groups is 1. The molecule has 2 rings (SSSR count). The summed E-state index contributed by atoms with van der Waals surface area (Å²) in [6, 6.07) is 4.90. The lowest BCUT2D eigenvalue weighted by atomic mass is 9.97. The number of nitrogens with zero attached hydrogens (tertiary/aromatic N) is 2. The Morgan fingerprint density at radius 2 is 1.85 bits per heavy atom. The highest BCUT2D eigenvalue weighted by Crippen LogP contribution is 2.20. The third-order valence-electron chi connectivity index (χ3n) is 4.57. The van der Waals surface area contributed by atoms with Gasteiger partial charge < -0.3 is 5.32 Å². The highest BCUT2D eigenvalue weighted by atomic mass is 32.2. The molecular formula is C17H25N3O5S. The number of hydrogen-bond donors (Lipinski definition) is 1. The van der Waals surface area contributed by atoms with Crippen LogP contribution in [-0.2, 0) is 14.8 Å². The van der Waals surface area contributed by atoms with E-state index in [9.17, 15) is 23.3 Å². The summed E-state index contributed by atoms with van der Waals surface area (Å²) in [6.07, 6.45) is 7.49. The minimum Gasteiger partial charge on any atom is -0.352 e. The molecule has 0 aliphatic heterocycles. The van der Waals surface area contributed by atoms with Gasteiger partial charge in [-0.1, -0.05) is 38.2 Å². The number of hydrogen-bond acceptors (Lipinski definition) is 5. The fourth-order valence-electron chi connectivity index (χ4n) is 3.10. The van der Waals surface area contributed by atoms with E-state index in [2.05, 4.69) is 5.32 Å². The summed E-state index contributed by atoms with van der Waals surface area (Å²) in [7, 11) is -2.68. The van der Waals surface area contributed by atoms with Crippen LogP contribution in [0.25, 0.3) is 0 Å². The van der Waals surface area contributed by atoms with Gasteiger partial charge >= 0.3 is 0 Å². The van der Waals surface area contributed by atoms with Crippen LogP contribution in [0.2, 0.25) is 0 Å². The Labute approximate surface area is 153 Å². The summed E-state index contributed by atoms with van der Waals surface area (Å²) in [4.78, 5) is 22.2. The number of carbonyl (C=O) groups excluding carboxylic acids is 1. The molecule has 0 unspecified atom stereocenters. The number of nitro groups is 1. The third kappa shape index (κ3) is 5.50. The maximum atomic E-state index is 12.6. The van der Waals surface area contributed by atoms with Gasteiger partial charge in [0.1, 0.15) is 0 Å². The van der Waals surface area contributed by atoms with Gasteiger partial charge in [-0.2, -0.15) is 4.31 Å². The van der Waals surface area contributed by atoms with E-state index in [1.165, 1.54) is 31.7 Å². The molecule has 1 aromatic rings. The Balaban J connectivity index is 2.00. The summed E-state index contributed by atoms with van der Waals surface area (Å²) >= 11 is 0. The molecule has 0 saturated heterocycles. The highest BCUT2D eigenvalue weighted by Gasteiger charge is 2.25. The molecule has 9 heteroatoms. The lowest BCUT2D eigenvalue weighted by Gasteiger charge is -2.23. The van der Waals surface area contributed by atoms with Crippen LogP contribution in [0, 0.1) is 10.1 Å². The van der Waals surface area contributed by atoms with E-state index in [1.54, 1.807) is 0 Å². The number of sulfonamides is 1. The van der Waals surface area contributed by atoms with Crippen molar-refractivity contribution in [2.24, 2.45) is 0 Å². The zero-order chi connectivity index (χ0) is 19.2. The van der Waals surface area contributed by atoms with Gasteiger partial charge in [-0.15, -0.1) is 0 Å². The molecule has 0 bridgehead atoms. The normalized spacial score (nSPS) is 16.7. The second kappa shape index (κ2) is 9.09. The second-order valence-corrected chi connectivity index (χ2v) is 8.67. The van der Waals surface area contributed by atoms with Gasteiger partial charge in [-0.3, -0.25) is 14.9 Å². The molecule has 0 aromatic heterocycles. The van der Waals surface area contributed by atoms with E-state index in [0.29, 0.717) is 0 Å².